The second-order valence-corrected chi connectivity index (χ2v) is 7.80. The van der Waals surface area contributed by atoms with Crippen molar-refractivity contribution in [2.75, 3.05) is 11.1 Å². The molecule has 1 fully saturated rings. The number of alkyl halides is 3. The SMILES string of the molecule is O=C(CSc1nnnn1C1CCCC1)Nc1ccc(-n2cccn2)cc1C(F)(F)F. The highest BCUT2D eigenvalue weighted by molar-refractivity contribution is 7.99. The number of hydrogen-bond acceptors (Lipinski definition) is 6. The van der Waals surface area contributed by atoms with E-state index in [4.69, 9.17) is 0 Å². The molecule has 3 aromatic rings. The standard InChI is InChI=1S/C18H18F3N7OS/c19-18(20,21)14-10-13(27-9-3-8-22-27)6-7-15(14)23-16(29)11-30-17-24-25-26-28(17)12-4-1-2-5-12/h3,6-10,12H,1-2,4-5,11H2,(H,23,29). The number of amides is 1. The van der Waals surface area contributed by atoms with E-state index < -0.39 is 17.6 Å². The summed E-state index contributed by atoms with van der Waals surface area (Å²) in [5.74, 6) is -0.677. The van der Waals surface area contributed by atoms with Crippen molar-refractivity contribution < 1.29 is 18.0 Å². The third-order valence-corrected chi connectivity index (χ3v) is 5.75. The van der Waals surface area contributed by atoms with Crippen molar-refractivity contribution >= 4 is 23.4 Å². The number of rotatable bonds is 6. The Morgan fingerprint density at radius 2 is 2.07 bits per heavy atom. The molecule has 8 nitrogen and oxygen atoms in total. The number of anilines is 1. The van der Waals surface area contributed by atoms with Gasteiger partial charge in [-0.3, -0.25) is 4.79 Å². The van der Waals surface area contributed by atoms with E-state index in [0.717, 1.165) is 43.5 Å². The molecule has 12 heteroatoms. The van der Waals surface area contributed by atoms with E-state index in [1.807, 2.05) is 0 Å². The first-order valence-corrected chi connectivity index (χ1v) is 10.3. The van der Waals surface area contributed by atoms with Crippen LogP contribution in [0.5, 0.6) is 0 Å². The molecule has 0 bridgehead atoms. The van der Waals surface area contributed by atoms with Crippen LogP contribution in [0.2, 0.25) is 0 Å². The zero-order chi connectivity index (χ0) is 21.1. The molecule has 158 valence electrons. The topological polar surface area (TPSA) is 90.5 Å². The molecule has 0 radical (unpaired) electrons. The first kappa shape index (κ1) is 20.4. The van der Waals surface area contributed by atoms with Gasteiger partial charge in [-0.15, -0.1) is 5.10 Å². The van der Waals surface area contributed by atoms with Crippen LogP contribution in [0, 0.1) is 0 Å². The van der Waals surface area contributed by atoms with Gasteiger partial charge >= 0.3 is 6.18 Å². The third-order valence-electron chi connectivity index (χ3n) is 4.82. The molecule has 0 unspecified atom stereocenters. The minimum absolute atomic E-state index is 0.106. The van der Waals surface area contributed by atoms with Crippen LogP contribution in [0.15, 0.2) is 41.8 Å². The fourth-order valence-electron chi connectivity index (χ4n) is 3.41. The molecule has 2 heterocycles. The van der Waals surface area contributed by atoms with Gasteiger partial charge in [-0.1, -0.05) is 24.6 Å². The van der Waals surface area contributed by atoms with Gasteiger partial charge in [0.1, 0.15) is 0 Å². The van der Waals surface area contributed by atoms with Gasteiger partial charge in [0.15, 0.2) is 0 Å². The number of nitrogens with one attached hydrogen (secondary N) is 1. The Morgan fingerprint density at radius 3 is 2.77 bits per heavy atom. The predicted octanol–water partition coefficient (Wildman–Crippen LogP) is 3.72. The van der Waals surface area contributed by atoms with Gasteiger partial charge in [0.2, 0.25) is 11.1 Å². The molecule has 1 aliphatic carbocycles. The molecule has 0 spiro atoms. The fraction of sp³-hybridized carbons (Fsp3) is 0.389. The van der Waals surface area contributed by atoms with E-state index in [1.165, 1.54) is 23.0 Å². The maximum Gasteiger partial charge on any atom is 0.418 e. The number of aromatic nitrogens is 6. The summed E-state index contributed by atoms with van der Waals surface area (Å²) in [4.78, 5) is 12.3. The number of halogens is 3. The Bertz CT molecular complexity index is 1010. The molecular formula is C18H18F3N7OS. The quantitative estimate of drug-likeness (QED) is 0.591. The largest absolute Gasteiger partial charge is 0.418 e. The van der Waals surface area contributed by atoms with Crippen LogP contribution in [0.25, 0.3) is 5.69 Å². The number of nitrogens with zero attached hydrogens (tertiary/aromatic N) is 6. The third kappa shape index (κ3) is 4.48. The van der Waals surface area contributed by atoms with Crippen molar-refractivity contribution in [3.8, 4) is 5.69 Å². The van der Waals surface area contributed by atoms with E-state index in [0.29, 0.717) is 5.16 Å². The average Bonchev–Trinajstić information content (AvgIpc) is 3.48. The van der Waals surface area contributed by atoms with E-state index in [2.05, 4.69) is 25.9 Å². The van der Waals surface area contributed by atoms with Gasteiger partial charge in [-0.2, -0.15) is 18.3 Å². The summed E-state index contributed by atoms with van der Waals surface area (Å²) in [6, 6.07) is 5.46. The number of hydrogen-bond donors (Lipinski definition) is 1. The lowest BCUT2D eigenvalue weighted by atomic mass is 10.1. The summed E-state index contributed by atoms with van der Waals surface area (Å²) in [6.07, 6.45) is 2.53. The van der Waals surface area contributed by atoms with Crippen molar-refractivity contribution in [3.05, 3.63) is 42.2 Å². The Balaban J connectivity index is 1.46. The summed E-state index contributed by atoms with van der Waals surface area (Å²) in [5, 5.41) is 18.4. The highest BCUT2D eigenvalue weighted by atomic mass is 32.2. The first-order chi connectivity index (χ1) is 14.4. The van der Waals surface area contributed by atoms with Gasteiger partial charge in [0.05, 0.1) is 28.7 Å². The van der Waals surface area contributed by atoms with E-state index in [9.17, 15) is 18.0 Å². The average molecular weight is 437 g/mol. The first-order valence-electron chi connectivity index (χ1n) is 9.33. The predicted molar refractivity (Wildman–Crippen MR) is 103 cm³/mol. The molecule has 1 aliphatic rings. The molecule has 0 atom stereocenters. The van der Waals surface area contributed by atoms with Crippen molar-refractivity contribution in [2.24, 2.45) is 0 Å². The van der Waals surface area contributed by atoms with E-state index in [1.54, 1.807) is 16.9 Å². The van der Waals surface area contributed by atoms with Crippen molar-refractivity contribution in [2.45, 2.75) is 43.1 Å². The minimum Gasteiger partial charge on any atom is -0.325 e. The summed E-state index contributed by atoms with van der Waals surface area (Å²) in [5.41, 5.74) is -1.00. The number of tetrazole rings is 1. The maximum atomic E-state index is 13.5. The van der Waals surface area contributed by atoms with E-state index in [-0.39, 0.29) is 23.2 Å². The zero-order valence-corrected chi connectivity index (χ0v) is 16.5. The summed E-state index contributed by atoms with van der Waals surface area (Å²) < 4.78 is 43.6. The Labute approximate surface area is 173 Å². The number of carbonyl (C=O) groups is 1. The van der Waals surface area contributed by atoms with Crippen LogP contribution in [0.1, 0.15) is 37.3 Å². The zero-order valence-electron chi connectivity index (χ0n) is 15.7. The summed E-state index contributed by atoms with van der Waals surface area (Å²) in [7, 11) is 0. The smallest absolute Gasteiger partial charge is 0.325 e. The van der Waals surface area contributed by atoms with Gasteiger partial charge < -0.3 is 5.32 Å². The lowest BCUT2D eigenvalue weighted by molar-refractivity contribution is -0.137. The van der Waals surface area contributed by atoms with Crippen LogP contribution in [-0.4, -0.2) is 41.6 Å². The molecule has 1 saturated carbocycles. The Kier molecular flexibility index (Phi) is 5.75. The number of thioether (sulfide) groups is 1. The summed E-state index contributed by atoms with van der Waals surface area (Å²) >= 11 is 1.10. The van der Waals surface area contributed by atoms with Gasteiger partial charge in [0, 0.05) is 12.4 Å². The molecule has 1 N–H and O–H groups in total. The Hall–Kier alpha value is -2.89. The molecule has 2 aromatic heterocycles. The summed E-state index contributed by atoms with van der Waals surface area (Å²) in [6.45, 7) is 0. The van der Waals surface area contributed by atoms with Gasteiger partial charge in [-0.05, 0) is 47.5 Å². The normalized spacial score (nSPS) is 14.9. The van der Waals surface area contributed by atoms with Crippen LogP contribution in [0.3, 0.4) is 0 Å². The van der Waals surface area contributed by atoms with Crippen molar-refractivity contribution in [1.82, 2.24) is 30.0 Å². The van der Waals surface area contributed by atoms with Crippen LogP contribution < -0.4 is 5.32 Å². The maximum absolute atomic E-state index is 13.5. The van der Waals surface area contributed by atoms with Crippen molar-refractivity contribution in [3.63, 3.8) is 0 Å². The molecule has 4 rings (SSSR count). The van der Waals surface area contributed by atoms with Crippen LogP contribution in [0.4, 0.5) is 18.9 Å². The molecule has 1 aromatic carbocycles. The monoisotopic (exact) mass is 437 g/mol. The molecule has 1 amide bonds. The number of carbonyl (C=O) groups excluding carboxylic acids is 1. The van der Waals surface area contributed by atoms with Crippen LogP contribution in [-0.2, 0) is 11.0 Å². The van der Waals surface area contributed by atoms with Crippen LogP contribution >= 0.6 is 11.8 Å². The Morgan fingerprint density at radius 1 is 1.27 bits per heavy atom. The second-order valence-electron chi connectivity index (χ2n) is 6.86. The van der Waals surface area contributed by atoms with Gasteiger partial charge in [0.25, 0.3) is 0 Å². The highest BCUT2D eigenvalue weighted by Crippen LogP contribution is 2.36. The highest BCUT2D eigenvalue weighted by Gasteiger charge is 2.34. The number of benzene rings is 1. The molecule has 30 heavy (non-hydrogen) atoms. The van der Waals surface area contributed by atoms with Gasteiger partial charge in [-0.25, -0.2) is 9.36 Å². The molecule has 0 saturated heterocycles. The van der Waals surface area contributed by atoms with Crippen molar-refractivity contribution in [1.29, 1.82) is 0 Å². The second kappa shape index (κ2) is 8.46. The lowest BCUT2D eigenvalue weighted by Gasteiger charge is -2.15. The lowest BCUT2D eigenvalue weighted by Crippen LogP contribution is -2.19. The fourth-order valence-corrected chi connectivity index (χ4v) is 4.16. The molecular weight excluding hydrogens is 419 g/mol. The minimum atomic E-state index is -4.63. The molecule has 0 aliphatic heterocycles. The van der Waals surface area contributed by atoms with E-state index >= 15 is 0 Å².